The molecule has 0 amide bonds. The third-order valence-corrected chi connectivity index (χ3v) is 5.68. The van der Waals surface area contributed by atoms with Crippen LogP contribution in [0.25, 0.3) is 0 Å². The van der Waals surface area contributed by atoms with Crippen LogP contribution in [0.15, 0.2) is 24.3 Å². The molecule has 0 bridgehead atoms. The van der Waals surface area contributed by atoms with Crippen LogP contribution in [0.2, 0.25) is 0 Å². The molecule has 0 spiro atoms. The minimum absolute atomic E-state index is 0.0281. The molecule has 0 aliphatic heterocycles. The number of rotatable bonds is 5. The van der Waals surface area contributed by atoms with Crippen LogP contribution in [0.3, 0.4) is 0 Å². The third-order valence-electron chi connectivity index (χ3n) is 2.49. The van der Waals surface area contributed by atoms with Crippen molar-refractivity contribution >= 4 is 26.0 Å². The van der Waals surface area contributed by atoms with Gasteiger partial charge in [0.05, 0.1) is 0 Å². The van der Waals surface area contributed by atoms with E-state index >= 15 is 0 Å². The number of hydrogen-bond donors (Lipinski definition) is 0. The van der Waals surface area contributed by atoms with Crippen molar-refractivity contribution in [3.63, 3.8) is 0 Å². The van der Waals surface area contributed by atoms with Crippen molar-refractivity contribution in [1.29, 1.82) is 0 Å². The maximum Gasteiger partial charge on any atom is 0.224 e. The minimum atomic E-state index is -3.18. The van der Waals surface area contributed by atoms with Gasteiger partial charge in [-0.25, -0.2) is 8.42 Å². The summed E-state index contributed by atoms with van der Waals surface area (Å²) in [6.07, 6.45) is 0. The summed E-state index contributed by atoms with van der Waals surface area (Å²) in [5, 5.41) is 0. The topological polar surface area (TPSA) is 37.4 Å². The summed E-state index contributed by atoms with van der Waals surface area (Å²) in [5.74, 6) is 0. The monoisotopic (exact) mass is 305 g/mol. The fraction of sp³-hybridized carbons (Fsp3) is 0.455. The van der Waals surface area contributed by atoms with E-state index in [1.807, 2.05) is 38.1 Å². The number of sulfonamides is 1. The molecule has 0 saturated heterocycles. The molecular weight excluding hydrogens is 290 g/mol. The van der Waals surface area contributed by atoms with Gasteiger partial charge in [0.25, 0.3) is 0 Å². The van der Waals surface area contributed by atoms with Crippen LogP contribution in [-0.2, 0) is 16.6 Å². The average Bonchev–Trinajstić information content (AvgIpc) is 2.27. The molecule has 0 aliphatic carbocycles. The van der Waals surface area contributed by atoms with E-state index in [0.29, 0.717) is 13.1 Å². The standard InChI is InChI=1S/C11H16BrNO2S/c1-3-13(16(14,15)9-12)8-11-7-5-4-6-10(11)2/h4-7H,3,8-9H2,1-2H3. The van der Waals surface area contributed by atoms with Crippen molar-refractivity contribution in [2.75, 3.05) is 11.2 Å². The molecule has 0 heterocycles. The van der Waals surface area contributed by atoms with Gasteiger partial charge < -0.3 is 0 Å². The predicted octanol–water partition coefficient (Wildman–Crippen LogP) is 2.50. The first-order valence-corrected chi connectivity index (χ1v) is 7.82. The Morgan fingerprint density at radius 3 is 2.44 bits per heavy atom. The zero-order valence-corrected chi connectivity index (χ0v) is 11.9. The second-order valence-electron chi connectivity index (χ2n) is 3.57. The van der Waals surface area contributed by atoms with Gasteiger partial charge in [-0.15, -0.1) is 0 Å². The Bertz CT molecular complexity index is 445. The molecule has 0 saturated carbocycles. The average molecular weight is 306 g/mol. The Morgan fingerprint density at radius 2 is 1.94 bits per heavy atom. The minimum Gasteiger partial charge on any atom is -0.211 e. The van der Waals surface area contributed by atoms with Gasteiger partial charge in [0.15, 0.2) is 0 Å². The van der Waals surface area contributed by atoms with Crippen LogP contribution < -0.4 is 0 Å². The number of aryl methyl sites for hydroxylation is 1. The van der Waals surface area contributed by atoms with E-state index in [1.165, 1.54) is 4.31 Å². The second-order valence-corrected chi connectivity index (χ2v) is 6.85. The molecule has 0 N–H and O–H groups in total. The van der Waals surface area contributed by atoms with Gasteiger partial charge in [0, 0.05) is 13.1 Å². The van der Waals surface area contributed by atoms with Crippen molar-refractivity contribution in [1.82, 2.24) is 4.31 Å². The number of alkyl halides is 1. The van der Waals surface area contributed by atoms with Gasteiger partial charge in [0.2, 0.25) is 10.0 Å². The molecule has 1 aromatic rings. The lowest BCUT2D eigenvalue weighted by atomic mass is 10.1. The lowest BCUT2D eigenvalue weighted by Crippen LogP contribution is -2.31. The summed E-state index contributed by atoms with van der Waals surface area (Å²) >= 11 is 3.01. The zero-order chi connectivity index (χ0) is 12.2. The van der Waals surface area contributed by atoms with Gasteiger partial charge in [-0.3, -0.25) is 0 Å². The lowest BCUT2D eigenvalue weighted by Gasteiger charge is -2.20. The number of nitrogens with zero attached hydrogens (tertiary/aromatic N) is 1. The van der Waals surface area contributed by atoms with E-state index in [0.717, 1.165) is 11.1 Å². The van der Waals surface area contributed by atoms with Crippen molar-refractivity contribution < 1.29 is 8.42 Å². The Kier molecular flexibility index (Phi) is 4.95. The van der Waals surface area contributed by atoms with E-state index in [4.69, 9.17) is 0 Å². The largest absolute Gasteiger partial charge is 0.224 e. The maximum absolute atomic E-state index is 11.7. The zero-order valence-electron chi connectivity index (χ0n) is 9.48. The predicted molar refractivity (Wildman–Crippen MR) is 70.0 cm³/mol. The molecular formula is C11H16BrNO2S. The summed E-state index contributed by atoms with van der Waals surface area (Å²) in [6, 6.07) is 7.83. The van der Waals surface area contributed by atoms with E-state index in [2.05, 4.69) is 15.9 Å². The molecule has 0 aromatic heterocycles. The van der Waals surface area contributed by atoms with Gasteiger partial charge in [-0.1, -0.05) is 47.1 Å². The van der Waals surface area contributed by atoms with Crippen LogP contribution in [0.4, 0.5) is 0 Å². The maximum atomic E-state index is 11.7. The molecule has 0 unspecified atom stereocenters. The number of benzene rings is 1. The highest BCUT2D eigenvalue weighted by atomic mass is 79.9. The Morgan fingerprint density at radius 1 is 1.31 bits per heavy atom. The molecule has 3 nitrogen and oxygen atoms in total. The molecule has 1 rings (SSSR count). The summed E-state index contributed by atoms with van der Waals surface area (Å²) < 4.78 is 24.9. The van der Waals surface area contributed by atoms with Crippen LogP contribution in [-0.4, -0.2) is 23.9 Å². The molecule has 90 valence electrons. The lowest BCUT2D eigenvalue weighted by molar-refractivity contribution is 0.426. The summed E-state index contributed by atoms with van der Waals surface area (Å²) in [5.41, 5.74) is 2.17. The van der Waals surface area contributed by atoms with Crippen molar-refractivity contribution in [2.45, 2.75) is 20.4 Å². The highest BCUT2D eigenvalue weighted by Gasteiger charge is 2.19. The van der Waals surface area contributed by atoms with Crippen LogP contribution in [0, 0.1) is 6.92 Å². The van der Waals surface area contributed by atoms with E-state index < -0.39 is 10.0 Å². The first-order chi connectivity index (χ1) is 7.51. The van der Waals surface area contributed by atoms with E-state index in [-0.39, 0.29) is 4.66 Å². The Labute approximate surface area is 106 Å². The van der Waals surface area contributed by atoms with Gasteiger partial charge in [0.1, 0.15) is 4.66 Å². The van der Waals surface area contributed by atoms with Crippen LogP contribution in [0.1, 0.15) is 18.1 Å². The van der Waals surface area contributed by atoms with E-state index in [1.54, 1.807) is 0 Å². The number of hydrogen-bond acceptors (Lipinski definition) is 2. The smallest absolute Gasteiger partial charge is 0.211 e. The van der Waals surface area contributed by atoms with Gasteiger partial charge >= 0.3 is 0 Å². The van der Waals surface area contributed by atoms with E-state index in [9.17, 15) is 8.42 Å². The van der Waals surface area contributed by atoms with Crippen molar-refractivity contribution in [2.24, 2.45) is 0 Å². The molecule has 16 heavy (non-hydrogen) atoms. The summed E-state index contributed by atoms with van der Waals surface area (Å²) in [6.45, 7) is 4.77. The highest BCUT2D eigenvalue weighted by molar-refractivity contribution is 9.10. The molecule has 0 radical (unpaired) electrons. The van der Waals surface area contributed by atoms with Crippen LogP contribution in [0.5, 0.6) is 0 Å². The molecule has 5 heteroatoms. The Balaban J connectivity index is 2.91. The molecule has 1 aromatic carbocycles. The van der Waals surface area contributed by atoms with Crippen molar-refractivity contribution in [3.8, 4) is 0 Å². The third kappa shape index (κ3) is 3.30. The normalized spacial score (nSPS) is 12.0. The van der Waals surface area contributed by atoms with Crippen LogP contribution >= 0.6 is 15.9 Å². The second kappa shape index (κ2) is 5.80. The fourth-order valence-electron chi connectivity index (χ4n) is 1.45. The fourth-order valence-corrected chi connectivity index (χ4v) is 3.19. The SMILES string of the molecule is CCN(Cc1ccccc1C)S(=O)(=O)CBr. The van der Waals surface area contributed by atoms with Gasteiger partial charge in [-0.05, 0) is 18.1 Å². The molecule has 0 fully saturated rings. The first-order valence-electron chi connectivity index (χ1n) is 5.09. The number of halogens is 1. The molecule has 0 aliphatic rings. The summed E-state index contributed by atoms with van der Waals surface area (Å²) in [7, 11) is -3.18. The van der Waals surface area contributed by atoms with Crippen molar-refractivity contribution in [3.05, 3.63) is 35.4 Å². The van der Waals surface area contributed by atoms with Gasteiger partial charge in [-0.2, -0.15) is 4.31 Å². The highest BCUT2D eigenvalue weighted by Crippen LogP contribution is 2.14. The summed E-state index contributed by atoms with van der Waals surface area (Å²) in [4.78, 5) is 0. The quantitative estimate of drug-likeness (QED) is 0.784. The first kappa shape index (κ1) is 13.7. The Hall–Kier alpha value is -0.390. The molecule has 0 atom stereocenters.